The maximum absolute atomic E-state index is 12.6. The minimum Gasteiger partial charge on any atom is -0.487 e. The number of amides is 3. The molecule has 0 aliphatic carbocycles. The lowest BCUT2D eigenvalue weighted by atomic mass is 9.92. The number of likely N-dealkylation sites (tertiary alicyclic amines) is 3. The van der Waals surface area contributed by atoms with Gasteiger partial charge in [0.25, 0.3) is 0 Å². The van der Waals surface area contributed by atoms with E-state index in [1.54, 1.807) is 11.0 Å². The largest absolute Gasteiger partial charge is 0.487 e. The van der Waals surface area contributed by atoms with Crippen LogP contribution in [0.3, 0.4) is 0 Å². The van der Waals surface area contributed by atoms with Crippen molar-refractivity contribution in [3.63, 3.8) is 0 Å². The molecule has 1 aromatic heterocycles. The van der Waals surface area contributed by atoms with E-state index in [9.17, 15) is 9.59 Å². The van der Waals surface area contributed by atoms with E-state index < -0.39 is 0 Å². The summed E-state index contributed by atoms with van der Waals surface area (Å²) < 4.78 is 6.36. The molecule has 0 radical (unpaired) electrons. The summed E-state index contributed by atoms with van der Waals surface area (Å²) in [5.74, 6) is 1.18. The lowest BCUT2D eigenvalue weighted by Crippen LogP contribution is -2.46. The second-order valence-electron chi connectivity index (χ2n) is 10.9. The quantitative estimate of drug-likeness (QED) is 0.507. The number of nitrogens with zero attached hydrogens (tertiary/aromatic N) is 4. The van der Waals surface area contributed by atoms with Crippen molar-refractivity contribution in [3.05, 3.63) is 57.8 Å². The monoisotopic (exact) mass is 589 g/mol. The number of rotatable bonds is 5. The number of ether oxygens (including phenoxy) is 1. The Morgan fingerprint density at radius 1 is 1.00 bits per heavy atom. The molecule has 0 saturated carbocycles. The van der Waals surface area contributed by atoms with Crippen LogP contribution in [-0.4, -0.2) is 90.6 Å². The molecule has 3 saturated heterocycles. The van der Waals surface area contributed by atoms with E-state index in [0.29, 0.717) is 24.0 Å². The van der Waals surface area contributed by atoms with Crippen molar-refractivity contribution in [3.8, 4) is 5.75 Å². The highest BCUT2D eigenvalue weighted by Crippen LogP contribution is 2.33. The first-order chi connectivity index (χ1) is 19.3. The zero-order valence-corrected chi connectivity index (χ0v) is 25.1. The lowest BCUT2D eigenvalue weighted by molar-refractivity contribution is -0.131. The molecule has 1 aromatic carbocycles. The molecular weight excluding hydrogens is 549 g/mol. The van der Waals surface area contributed by atoms with Gasteiger partial charge in [-0.2, -0.15) is 0 Å². The van der Waals surface area contributed by atoms with Crippen LogP contribution in [-0.2, 0) is 4.79 Å². The standard InChI is InChI=1S/C23H35N5O3.C7H6Cl2/c1-26-11-5-6-19(17-26)31-20-7-4-10-24-22(20)18-8-14-27(15-9-18)21(29)16-25-23(30)28-12-2-3-13-28;1-5-2-3-6(8)4-7(5)9/h4,7,10,18-19H,2-3,5-6,8-9,11-17H2,1H3,(H,25,30);2-4H,1H3. The number of hydrogen-bond donors (Lipinski definition) is 1. The topological polar surface area (TPSA) is 78.0 Å². The minimum atomic E-state index is -0.121. The second-order valence-corrected chi connectivity index (χ2v) is 11.8. The molecule has 10 heteroatoms. The number of carbonyl (C=O) groups excluding carboxylic acids is 2. The lowest BCUT2D eigenvalue weighted by Gasteiger charge is -2.34. The smallest absolute Gasteiger partial charge is 0.317 e. The third-order valence-electron chi connectivity index (χ3n) is 7.83. The van der Waals surface area contributed by atoms with Crippen molar-refractivity contribution in [2.75, 3.05) is 52.9 Å². The predicted octanol–water partition coefficient (Wildman–Crippen LogP) is 5.37. The molecule has 1 unspecified atom stereocenters. The van der Waals surface area contributed by atoms with Crippen molar-refractivity contribution >= 4 is 35.1 Å². The van der Waals surface area contributed by atoms with Crippen LogP contribution >= 0.6 is 23.2 Å². The predicted molar refractivity (Wildman–Crippen MR) is 159 cm³/mol. The van der Waals surface area contributed by atoms with Gasteiger partial charge in [0, 0.05) is 54.9 Å². The van der Waals surface area contributed by atoms with Crippen molar-refractivity contribution in [1.29, 1.82) is 0 Å². The first kappa shape index (κ1) is 30.4. The summed E-state index contributed by atoms with van der Waals surface area (Å²) in [7, 11) is 2.14. The van der Waals surface area contributed by atoms with Gasteiger partial charge in [-0.1, -0.05) is 29.3 Å². The SMILES string of the molecule is CN1CCCC(Oc2cccnc2C2CCN(C(=O)CNC(=O)N3CCCC3)CC2)C1.Cc1ccc(Cl)cc1Cl. The summed E-state index contributed by atoms with van der Waals surface area (Å²) in [6.07, 6.45) is 8.11. The molecule has 1 atom stereocenters. The van der Waals surface area contributed by atoms with Gasteiger partial charge < -0.3 is 24.8 Å². The van der Waals surface area contributed by atoms with Crippen LogP contribution < -0.4 is 10.1 Å². The molecule has 4 heterocycles. The van der Waals surface area contributed by atoms with Gasteiger partial charge in [-0.3, -0.25) is 9.78 Å². The van der Waals surface area contributed by atoms with E-state index in [-0.39, 0.29) is 24.6 Å². The van der Waals surface area contributed by atoms with Crippen LogP contribution in [0.1, 0.15) is 55.7 Å². The van der Waals surface area contributed by atoms with E-state index >= 15 is 0 Å². The van der Waals surface area contributed by atoms with Crippen LogP contribution in [0.25, 0.3) is 0 Å². The Kier molecular flexibility index (Phi) is 11.3. The zero-order valence-electron chi connectivity index (χ0n) is 23.6. The molecule has 1 N–H and O–H groups in total. The molecular formula is C30H41Cl2N5O3. The highest BCUT2D eigenvalue weighted by molar-refractivity contribution is 6.35. The number of halogens is 2. The van der Waals surface area contributed by atoms with Gasteiger partial charge in [0.05, 0.1) is 12.2 Å². The molecule has 3 aliphatic heterocycles. The van der Waals surface area contributed by atoms with E-state index in [0.717, 1.165) is 86.7 Å². The summed E-state index contributed by atoms with van der Waals surface area (Å²) in [5, 5.41) is 4.19. The number of pyridine rings is 1. The molecule has 40 heavy (non-hydrogen) atoms. The number of likely N-dealkylation sites (N-methyl/N-ethyl adjacent to an activating group) is 1. The number of urea groups is 1. The number of aryl methyl sites for hydroxylation is 1. The Balaban J connectivity index is 0.000000350. The summed E-state index contributed by atoms with van der Waals surface area (Å²) in [6, 6.07) is 9.30. The third kappa shape index (κ3) is 8.72. The van der Waals surface area contributed by atoms with E-state index in [4.69, 9.17) is 27.9 Å². The zero-order chi connectivity index (χ0) is 28.5. The molecule has 3 aliphatic rings. The van der Waals surface area contributed by atoms with Crippen LogP contribution in [0, 0.1) is 6.92 Å². The fourth-order valence-corrected chi connectivity index (χ4v) is 5.88. The number of hydrogen-bond acceptors (Lipinski definition) is 5. The van der Waals surface area contributed by atoms with Crippen LogP contribution in [0.15, 0.2) is 36.5 Å². The Morgan fingerprint density at radius 3 is 2.42 bits per heavy atom. The molecule has 3 fully saturated rings. The van der Waals surface area contributed by atoms with Gasteiger partial charge in [0.2, 0.25) is 5.91 Å². The summed E-state index contributed by atoms with van der Waals surface area (Å²) in [6.45, 7) is 7.05. The molecule has 218 valence electrons. The highest BCUT2D eigenvalue weighted by atomic mass is 35.5. The third-order valence-corrected chi connectivity index (χ3v) is 8.47. The number of piperidine rings is 2. The number of aromatic nitrogens is 1. The summed E-state index contributed by atoms with van der Waals surface area (Å²) >= 11 is 11.4. The van der Waals surface area contributed by atoms with Gasteiger partial charge in [-0.15, -0.1) is 0 Å². The van der Waals surface area contributed by atoms with E-state index in [1.807, 2.05) is 42.3 Å². The number of nitrogens with one attached hydrogen (secondary N) is 1. The van der Waals surface area contributed by atoms with Gasteiger partial charge >= 0.3 is 6.03 Å². The summed E-state index contributed by atoms with van der Waals surface area (Å²) in [5.41, 5.74) is 2.08. The van der Waals surface area contributed by atoms with Gasteiger partial charge in [0.15, 0.2) is 0 Å². The molecule has 5 rings (SSSR count). The molecule has 0 bridgehead atoms. The van der Waals surface area contributed by atoms with Crippen molar-refractivity contribution < 1.29 is 14.3 Å². The maximum Gasteiger partial charge on any atom is 0.317 e. The van der Waals surface area contributed by atoms with Crippen molar-refractivity contribution in [2.24, 2.45) is 0 Å². The first-order valence-corrected chi connectivity index (χ1v) is 15.1. The second kappa shape index (κ2) is 14.9. The van der Waals surface area contributed by atoms with Crippen molar-refractivity contribution in [1.82, 2.24) is 25.0 Å². The highest BCUT2D eigenvalue weighted by Gasteiger charge is 2.28. The Hall–Kier alpha value is -2.55. The van der Waals surface area contributed by atoms with E-state index in [1.165, 1.54) is 0 Å². The average Bonchev–Trinajstić information content (AvgIpc) is 3.50. The van der Waals surface area contributed by atoms with Gasteiger partial charge in [-0.05, 0) is 88.9 Å². The Bertz CT molecular complexity index is 1140. The fourth-order valence-electron chi connectivity index (χ4n) is 5.47. The molecule has 8 nitrogen and oxygen atoms in total. The molecule has 2 aromatic rings. The average molecular weight is 591 g/mol. The minimum absolute atomic E-state index is 0.00580. The molecule has 3 amide bonds. The van der Waals surface area contributed by atoms with Gasteiger partial charge in [-0.25, -0.2) is 4.79 Å². The summed E-state index contributed by atoms with van der Waals surface area (Å²) in [4.78, 5) is 35.3. The normalized spacial score (nSPS) is 20.1. The molecule has 0 spiro atoms. The fraction of sp³-hybridized carbons (Fsp3) is 0.567. The first-order valence-electron chi connectivity index (χ1n) is 14.3. The maximum atomic E-state index is 12.6. The number of benzene rings is 1. The van der Waals surface area contributed by atoms with E-state index in [2.05, 4.69) is 22.2 Å². The number of carbonyl (C=O) groups is 2. The van der Waals surface area contributed by atoms with Gasteiger partial charge in [0.1, 0.15) is 11.9 Å². The Morgan fingerprint density at radius 2 is 1.75 bits per heavy atom. The van der Waals surface area contributed by atoms with Crippen LogP contribution in [0.4, 0.5) is 4.79 Å². The van der Waals surface area contributed by atoms with Crippen LogP contribution in [0.2, 0.25) is 10.0 Å². The Labute approximate surface area is 248 Å². The van der Waals surface area contributed by atoms with Crippen molar-refractivity contribution in [2.45, 2.75) is 57.5 Å². The van der Waals surface area contributed by atoms with Crippen LogP contribution in [0.5, 0.6) is 5.75 Å².